The molecule has 0 fully saturated rings. The lowest BCUT2D eigenvalue weighted by Gasteiger charge is -2.16. The number of hydrogen-bond donors (Lipinski definition) is 1. The highest BCUT2D eigenvalue weighted by Gasteiger charge is 2.08. The first kappa shape index (κ1) is 17.4. The van der Waals surface area contributed by atoms with E-state index in [4.69, 9.17) is 21.1 Å². The third-order valence-corrected chi connectivity index (χ3v) is 4.70. The Bertz CT molecular complexity index is 879. The summed E-state index contributed by atoms with van der Waals surface area (Å²) in [5, 5.41) is 6.46. The molecular weight excluding hydrogens is 334 g/mol. The molecule has 3 aromatic carbocycles. The van der Waals surface area contributed by atoms with Gasteiger partial charge in [-0.05, 0) is 52.6 Å². The monoisotopic (exact) mass is 355 g/mol. The topological polar surface area (TPSA) is 30.5 Å². The van der Waals surface area contributed by atoms with Crippen molar-refractivity contribution in [1.29, 1.82) is 0 Å². The molecule has 0 heterocycles. The van der Waals surface area contributed by atoms with Gasteiger partial charge in [-0.25, -0.2) is 0 Å². The molecule has 0 bridgehead atoms. The molecule has 3 rings (SSSR count). The Hall–Kier alpha value is -2.39. The SMILES string of the molecule is COc1ccc2cc(C(C)CNc3ccc(OC)c(Cl)c3)ccc2c1. The van der Waals surface area contributed by atoms with Gasteiger partial charge in [0.15, 0.2) is 0 Å². The summed E-state index contributed by atoms with van der Waals surface area (Å²) in [5.41, 5.74) is 2.29. The van der Waals surface area contributed by atoms with Crippen molar-refractivity contribution >= 4 is 28.1 Å². The number of fused-ring (bicyclic) bond motifs is 1. The molecule has 1 N–H and O–H groups in total. The highest BCUT2D eigenvalue weighted by molar-refractivity contribution is 6.32. The molecule has 130 valence electrons. The van der Waals surface area contributed by atoms with Crippen LogP contribution in [0.15, 0.2) is 54.6 Å². The number of benzene rings is 3. The molecule has 0 aromatic heterocycles. The van der Waals surface area contributed by atoms with Crippen LogP contribution in [0.5, 0.6) is 11.5 Å². The maximum Gasteiger partial charge on any atom is 0.137 e. The Balaban J connectivity index is 1.71. The van der Waals surface area contributed by atoms with Gasteiger partial charge in [-0.15, -0.1) is 0 Å². The second kappa shape index (κ2) is 7.66. The second-order valence-corrected chi connectivity index (χ2v) is 6.51. The smallest absolute Gasteiger partial charge is 0.137 e. The highest BCUT2D eigenvalue weighted by Crippen LogP contribution is 2.28. The number of rotatable bonds is 6. The van der Waals surface area contributed by atoms with E-state index in [1.165, 1.54) is 16.3 Å². The van der Waals surface area contributed by atoms with Crippen molar-refractivity contribution in [2.24, 2.45) is 0 Å². The van der Waals surface area contributed by atoms with Crippen molar-refractivity contribution < 1.29 is 9.47 Å². The minimum absolute atomic E-state index is 0.368. The summed E-state index contributed by atoms with van der Waals surface area (Å²) in [6.07, 6.45) is 0. The van der Waals surface area contributed by atoms with E-state index in [1.54, 1.807) is 14.2 Å². The zero-order valence-electron chi connectivity index (χ0n) is 14.7. The lowest BCUT2D eigenvalue weighted by Crippen LogP contribution is -2.09. The van der Waals surface area contributed by atoms with E-state index >= 15 is 0 Å². The average Bonchev–Trinajstić information content (AvgIpc) is 2.65. The van der Waals surface area contributed by atoms with E-state index in [0.29, 0.717) is 16.7 Å². The fourth-order valence-electron chi connectivity index (χ4n) is 2.84. The normalized spacial score (nSPS) is 12.0. The first-order valence-corrected chi connectivity index (χ1v) is 8.63. The molecule has 0 saturated carbocycles. The van der Waals surface area contributed by atoms with Crippen LogP contribution in [0.1, 0.15) is 18.4 Å². The largest absolute Gasteiger partial charge is 0.497 e. The molecule has 1 unspecified atom stereocenters. The van der Waals surface area contributed by atoms with E-state index in [2.05, 4.69) is 42.6 Å². The Morgan fingerprint density at radius 1 is 0.920 bits per heavy atom. The van der Waals surface area contributed by atoms with Crippen LogP contribution in [0.25, 0.3) is 10.8 Å². The molecular formula is C21H22ClNO2. The summed E-state index contributed by atoms with van der Waals surface area (Å²) in [5.74, 6) is 1.93. The van der Waals surface area contributed by atoms with Crippen molar-refractivity contribution in [3.63, 3.8) is 0 Å². The molecule has 4 heteroatoms. The molecule has 3 aromatic rings. The van der Waals surface area contributed by atoms with Crippen LogP contribution in [0.4, 0.5) is 5.69 Å². The van der Waals surface area contributed by atoms with E-state index in [9.17, 15) is 0 Å². The van der Waals surface area contributed by atoms with Crippen molar-refractivity contribution in [3.05, 3.63) is 65.2 Å². The Morgan fingerprint density at radius 3 is 2.40 bits per heavy atom. The summed E-state index contributed by atoms with van der Waals surface area (Å²) in [6.45, 7) is 3.03. The Labute approximate surface area is 153 Å². The Kier molecular flexibility index (Phi) is 5.34. The van der Waals surface area contributed by atoms with Gasteiger partial charge in [0.1, 0.15) is 11.5 Å². The number of anilines is 1. The van der Waals surface area contributed by atoms with Gasteiger partial charge in [0.05, 0.1) is 19.2 Å². The Morgan fingerprint density at radius 2 is 1.68 bits per heavy atom. The van der Waals surface area contributed by atoms with E-state index in [0.717, 1.165) is 18.0 Å². The molecule has 0 aliphatic carbocycles. The third-order valence-electron chi connectivity index (χ3n) is 4.40. The molecule has 0 spiro atoms. The van der Waals surface area contributed by atoms with Gasteiger partial charge in [-0.1, -0.05) is 42.8 Å². The van der Waals surface area contributed by atoms with Gasteiger partial charge in [0.25, 0.3) is 0 Å². The first-order valence-electron chi connectivity index (χ1n) is 8.26. The highest BCUT2D eigenvalue weighted by atomic mass is 35.5. The number of nitrogens with one attached hydrogen (secondary N) is 1. The maximum absolute atomic E-state index is 6.18. The summed E-state index contributed by atoms with van der Waals surface area (Å²) < 4.78 is 10.5. The number of ether oxygens (including phenoxy) is 2. The lowest BCUT2D eigenvalue weighted by molar-refractivity contribution is 0.415. The minimum Gasteiger partial charge on any atom is -0.497 e. The van der Waals surface area contributed by atoms with Gasteiger partial charge >= 0.3 is 0 Å². The second-order valence-electron chi connectivity index (χ2n) is 6.10. The zero-order chi connectivity index (χ0) is 17.8. The fraction of sp³-hybridized carbons (Fsp3) is 0.238. The predicted octanol–water partition coefficient (Wildman–Crippen LogP) is 5.73. The number of hydrogen-bond acceptors (Lipinski definition) is 3. The standard InChI is InChI=1S/C21H22ClNO2/c1-14(13-23-18-7-9-21(25-3)20(22)12-18)15-4-5-17-11-19(24-2)8-6-16(17)10-15/h4-12,14,23H,13H2,1-3H3. The lowest BCUT2D eigenvalue weighted by atomic mass is 9.97. The van der Waals surface area contributed by atoms with Crippen LogP contribution in [0.2, 0.25) is 5.02 Å². The predicted molar refractivity (Wildman–Crippen MR) is 105 cm³/mol. The molecule has 0 amide bonds. The van der Waals surface area contributed by atoms with Gasteiger partial charge in [-0.3, -0.25) is 0 Å². The maximum atomic E-state index is 6.18. The minimum atomic E-state index is 0.368. The van der Waals surface area contributed by atoms with E-state index < -0.39 is 0 Å². The van der Waals surface area contributed by atoms with E-state index in [1.807, 2.05) is 24.3 Å². The number of halogens is 1. The van der Waals surface area contributed by atoms with Crippen molar-refractivity contribution in [2.75, 3.05) is 26.1 Å². The van der Waals surface area contributed by atoms with Gasteiger partial charge in [-0.2, -0.15) is 0 Å². The van der Waals surface area contributed by atoms with Crippen LogP contribution < -0.4 is 14.8 Å². The third kappa shape index (κ3) is 3.99. The molecule has 0 aliphatic heterocycles. The number of methoxy groups -OCH3 is 2. The summed E-state index contributed by atoms with van der Waals surface area (Å²) in [6, 6.07) is 18.4. The van der Waals surface area contributed by atoms with Crippen molar-refractivity contribution in [1.82, 2.24) is 0 Å². The van der Waals surface area contributed by atoms with Crippen molar-refractivity contribution in [2.45, 2.75) is 12.8 Å². The molecule has 3 nitrogen and oxygen atoms in total. The van der Waals surface area contributed by atoms with Gasteiger partial charge in [0.2, 0.25) is 0 Å². The van der Waals surface area contributed by atoms with Crippen molar-refractivity contribution in [3.8, 4) is 11.5 Å². The zero-order valence-corrected chi connectivity index (χ0v) is 15.4. The molecule has 1 atom stereocenters. The fourth-order valence-corrected chi connectivity index (χ4v) is 3.10. The van der Waals surface area contributed by atoms with Crippen LogP contribution in [0, 0.1) is 0 Å². The quantitative estimate of drug-likeness (QED) is 0.612. The molecule has 0 radical (unpaired) electrons. The van der Waals surface area contributed by atoms with E-state index in [-0.39, 0.29) is 0 Å². The van der Waals surface area contributed by atoms with Crippen LogP contribution in [0.3, 0.4) is 0 Å². The first-order chi connectivity index (χ1) is 12.1. The van der Waals surface area contributed by atoms with Crippen LogP contribution in [-0.4, -0.2) is 20.8 Å². The average molecular weight is 356 g/mol. The van der Waals surface area contributed by atoms with Gasteiger partial charge in [0, 0.05) is 12.2 Å². The summed E-state index contributed by atoms with van der Waals surface area (Å²) in [4.78, 5) is 0. The van der Waals surface area contributed by atoms with Gasteiger partial charge < -0.3 is 14.8 Å². The molecule has 25 heavy (non-hydrogen) atoms. The molecule has 0 saturated heterocycles. The van der Waals surface area contributed by atoms with Crippen LogP contribution >= 0.6 is 11.6 Å². The molecule has 0 aliphatic rings. The van der Waals surface area contributed by atoms with Crippen LogP contribution in [-0.2, 0) is 0 Å². The summed E-state index contributed by atoms with van der Waals surface area (Å²) >= 11 is 6.18. The summed E-state index contributed by atoms with van der Waals surface area (Å²) in [7, 11) is 3.31.